The van der Waals surface area contributed by atoms with Gasteiger partial charge < -0.3 is 4.90 Å². The lowest BCUT2D eigenvalue weighted by Gasteiger charge is -2.23. The van der Waals surface area contributed by atoms with Crippen LogP contribution in [0.25, 0.3) is 0 Å². The zero-order valence-electron chi connectivity index (χ0n) is 11.5. The normalized spacial score (nSPS) is 10.5. The van der Waals surface area contributed by atoms with Crippen molar-refractivity contribution in [1.82, 2.24) is 4.98 Å². The Balaban J connectivity index is 2.41. The second kappa shape index (κ2) is 6.41. The summed E-state index contributed by atoms with van der Waals surface area (Å²) in [6.07, 6.45) is 0. The molecular weight excluding hydrogens is 314 g/mol. The monoisotopic (exact) mass is 326 g/mol. The lowest BCUT2D eigenvalue weighted by atomic mass is 10.1. The van der Waals surface area contributed by atoms with Crippen LogP contribution in [0.1, 0.15) is 18.1 Å². The molecule has 0 aliphatic heterocycles. The molecule has 0 saturated heterocycles. The molecule has 2 aromatic rings. The summed E-state index contributed by atoms with van der Waals surface area (Å²) in [4.78, 5) is 17.1. The van der Waals surface area contributed by atoms with Crippen molar-refractivity contribution >= 4 is 34.8 Å². The largest absolute Gasteiger partial charge is 0.308 e. The third kappa shape index (κ3) is 3.52. The van der Waals surface area contributed by atoms with Crippen LogP contribution >= 0.6 is 23.2 Å². The maximum Gasteiger partial charge on any atom is 0.224 e. The number of para-hydroxylation sites is 1. The molecular formula is C15H13Cl2FN2O. The summed E-state index contributed by atoms with van der Waals surface area (Å²) in [5.41, 5.74) is 2.08. The Hall–Kier alpha value is -1.65. The Labute approximate surface area is 132 Å². The van der Waals surface area contributed by atoms with E-state index in [0.717, 1.165) is 11.3 Å². The van der Waals surface area contributed by atoms with Gasteiger partial charge in [-0.15, -0.1) is 0 Å². The summed E-state index contributed by atoms with van der Waals surface area (Å²) in [6, 6.07) is 8.64. The number of nitrogens with zero attached hydrogens (tertiary/aromatic N) is 2. The minimum absolute atomic E-state index is 0.0845. The van der Waals surface area contributed by atoms with Crippen molar-refractivity contribution in [2.45, 2.75) is 20.4 Å². The molecule has 0 spiro atoms. The molecule has 21 heavy (non-hydrogen) atoms. The van der Waals surface area contributed by atoms with Gasteiger partial charge >= 0.3 is 0 Å². The third-order valence-electron chi connectivity index (χ3n) is 3.07. The number of aromatic nitrogens is 1. The number of rotatable bonds is 3. The summed E-state index contributed by atoms with van der Waals surface area (Å²) in [5.74, 6) is -0.833. The van der Waals surface area contributed by atoms with E-state index in [0.29, 0.717) is 5.56 Å². The summed E-state index contributed by atoms with van der Waals surface area (Å²) in [7, 11) is 0. The maximum absolute atomic E-state index is 13.5. The fourth-order valence-electron chi connectivity index (χ4n) is 2.00. The summed E-state index contributed by atoms with van der Waals surface area (Å²) in [5, 5.41) is -0.199. The van der Waals surface area contributed by atoms with Gasteiger partial charge in [0.2, 0.25) is 5.91 Å². The van der Waals surface area contributed by atoms with Crippen molar-refractivity contribution in [1.29, 1.82) is 0 Å². The van der Waals surface area contributed by atoms with E-state index in [4.69, 9.17) is 23.2 Å². The number of carbonyl (C=O) groups excluding carboxylic acids is 1. The van der Waals surface area contributed by atoms with Crippen molar-refractivity contribution < 1.29 is 9.18 Å². The highest BCUT2D eigenvalue weighted by Gasteiger charge is 2.17. The number of hydrogen-bond acceptors (Lipinski definition) is 2. The molecule has 0 atom stereocenters. The zero-order chi connectivity index (χ0) is 15.6. The van der Waals surface area contributed by atoms with E-state index in [1.54, 1.807) is 0 Å². The van der Waals surface area contributed by atoms with Crippen LogP contribution in [0.4, 0.5) is 10.1 Å². The lowest BCUT2D eigenvalue weighted by molar-refractivity contribution is -0.116. The van der Waals surface area contributed by atoms with E-state index < -0.39 is 5.82 Å². The van der Waals surface area contributed by atoms with Gasteiger partial charge in [-0.2, -0.15) is 0 Å². The number of benzene rings is 1. The zero-order valence-corrected chi connectivity index (χ0v) is 13.0. The number of aryl methyl sites for hydroxylation is 1. The molecule has 6 heteroatoms. The van der Waals surface area contributed by atoms with Crippen molar-refractivity contribution in [3.63, 3.8) is 0 Å². The minimum atomic E-state index is -0.663. The molecule has 0 unspecified atom stereocenters. The van der Waals surface area contributed by atoms with Crippen molar-refractivity contribution in [2.24, 2.45) is 0 Å². The molecule has 0 fully saturated rings. The van der Waals surface area contributed by atoms with Crippen molar-refractivity contribution in [2.75, 3.05) is 4.90 Å². The molecule has 0 radical (unpaired) electrons. The lowest BCUT2D eigenvalue weighted by Crippen LogP contribution is -2.28. The van der Waals surface area contributed by atoms with Crippen molar-refractivity contribution in [3.8, 4) is 0 Å². The summed E-state index contributed by atoms with van der Waals surface area (Å²) in [6.45, 7) is 3.47. The van der Waals surface area contributed by atoms with Gasteiger partial charge in [-0.1, -0.05) is 41.4 Å². The third-order valence-corrected chi connectivity index (χ3v) is 3.67. The number of amides is 1. The fourth-order valence-corrected chi connectivity index (χ4v) is 2.38. The second-order valence-corrected chi connectivity index (χ2v) is 5.32. The standard InChI is InChI=1S/C15H13Cl2FN2O/c1-9-5-3-4-6-13(9)20(10(2)21)8-11-7-12(18)15(17)19-14(11)16/h3-7H,8H2,1-2H3. The van der Waals surface area contributed by atoms with Crippen LogP contribution in [0.15, 0.2) is 30.3 Å². The van der Waals surface area contributed by atoms with Crippen LogP contribution in [0.5, 0.6) is 0 Å². The smallest absolute Gasteiger partial charge is 0.224 e. The number of carbonyl (C=O) groups is 1. The number of anilines is 1. The van der Waals surface area contributed by atoms with E-state index >= 15 is 0 Å². The maximum atomic E-state index is 13.5. The second-order valence-electron chi connectivity index (χ2n) is 4.60. The van der Waals surface area contributed by atoms with Gasteiger partial charge in [-0.25, -0.2) is 9.37 Å². The first-order chi connectivity index (χ1) is 9.90. The van der Waals surface area contributed by atoms with Crippen LogP contribution in [0, 0.1) is 12.7 Å². The van der Waals surface area contributed by atoms with E-state index in [-0.39, 0.29) is 22.8 Å². The van der Waals surface area contributed by atoms with E-state index in [1.165, 1.54) is 17.9 Å². The molecule has 2 rings (SSSR count). The topological polar surface area (TPSA) is 33.2 Å². The molecule has 1 aromatic carbocycles. The first kappa shape index (κ1) is 15.7. The first-order valence-electron chi connectivity index (χ1n) is 6.24. The van der Waals surface area contributed by atoms with Crippen LogP contribution in [0.2, 0.25) is 10.3 Å². The van der Waals surface area contributed by atoms with Crippen LogP contribution in [-0.2, 0) is 11.3 Å². The highest BCUT2D eigenvalue weighted by molar-refractivity contribution is 6.33. The molecule has 3 nitrogen and oxygen atoms in total. The fraction of sp³-hybridized carbons (Fsp3) is 0.200. The Morgan fingerprint density at radius 3 is 2.57 bits per heavy atom. The van der Waals surface area contributed by atoms with Crippen LogP contribution < -0.4 is 4.90 Å². The Bertz CT molecular complexity index is 691. The van der Waals surface area contributed by atoms with E-state index in [9.17, 15) is 9.18 Å². The van der Waals surface area contributed by atoms with Gasteiger partial charge in [0.25, 0.3) is 0 Å². The SMILES string of the molecule is CC(=O)N(Cc1cc(F)c(Cl)nc1Cl)c1ccccc1C. The van der Waals surface area contributed by atoms with E-state index in [1.807, 2.05) is 31.2 Å². The quantitative estimate of drug-likeness (QED) is 0.784. The van der Waals surface area contributed by atoms with Crippen LogP contribution in [-0.4, -0.2) is 10.9 Å². The molecule has 0 saturated carbocycles. The van der Waals surface area contributed by atoms with Crippen molar-refractivity contribution in [3.05, 3.63) is 57.6 Å². The molecule has 0 N–H and O–H groups in total. The Morgan fingerprint density at radius 2 is 1.95 bits per heavy atom. The number of pyridine rings is 1. The molecule has 1 amide bonds. The van der Waals surface area contributed by atoms with Gasteiger partial charge in [0.05, 0.1) is 6.54 Å². The summed E-state index contributed by atoms with van der Waals surface area (Å²) >= 11 is 11.6. The van der Waals surface area contributed by atoms with Gasteiger partial charge in [0.1, 0.15) is 5.15 Å². The average molecular weight is 327 g/mol. The predicted molar refractivity (Wildman–Crippen MR) is 82.3 cm³/mol. The number of hydrogen-bond donors (Lipinski definition) is 0. The van der Waals surface area contributed by atoms with Gasteiger partial charge in [-0.05, 0) is 24.6 Å². The predicted octanol–water partition coefficient (Wildman–Crippen LogP) is 4.39. The molecule has 1 heterocycles. The van der Waals surface area contributed by atoms with Gasteiger partial charge in [-0.3, -0.25) is 4.79 Å². The van der Waals surface area contributed by atoms with Crippen LogP contribution in [0.3, 0.4) is 0 Å². The summed E-state index contributed by atoms with van der Waals surface area (Å²) < 4.78 is 13.5. The van der Waals surface area contributed by atoms with Gasteiger partial charge in [0.15, 0.2) is 11.0 Å². The minimum Gasteiger partial charge on any atom is -0.308 e. The average Bonchev–Trinajstić information content (AvgIpc) is 2.42. The molecule has 1 aromatic heterocycles. The number of halogens is 3. The first-order valence-corrected chi connectivity index (χ1v) is 7.00. The van der Waals surface area contributed by atoms with Gasteiger partial charge in [0, 0.05) is 18.2 Å². The molecule has 0 bridgehead atoms. The highest BCUT2D eigenvalue weighted by atomic mass is 35.5. The molecule has 0 aliphatic rings. The Kier molecular flexibility index (Phi) is 4.80. The molecule has 110 valence electrons. The molecule has 0 aliphatic carbocycles. The highest BCUT2D eigenvalue weighted by Crippen LogP contribution is 2.26. The Morgan fingerprint density at radius 1 is 1.29 bits per heavy atom. The van der Waals surface area contributed by atoms with E-state index in [2.05, 4.69) is 4.98 Å².